The van der Waals surface area contributed by atoms with Crippen LogP contribution in [0.1, 0.15) is 1.37 Å². The predicted molar refractivity (Wildman–Crippen MR) is 81.8 cm³/mol. The first-order valence-electron chi connectivity index (χ1n) is 6.99. The van der Waals surface area contributed by atoms with Gasteiger partial charge >= 0.3 is 17.5 Å². The van der Waals surface area contributed by atoms with Gasteiger partial charge in [0.05, 0.1) is 18.4 Å². The zero-order valence-corrected chi connectivity index (χ0v) is 12.8. The lowest BCUT2D eigenvalue weighted by Crippen LogP contribution is -2.21. The van der Waals surface area contributed by atoms with E-state index in [1.54, 1.807) is 6.26 Å². The van der Waals surface area contributed by atoms with Crippen LogP contribution in [0.5, 0.6) is 0 Å². The van der Waals surface area contributed by atoms with Crippen LogP contribution in [-0.4, -0.2) is 18.5 Å². The summed E-state index contributed by atoms with van der Waals surface area (Å²) in [5.74, 6) is 0.615. The summed E-state index contributed by atoms with van der Waals surface area (Å²) < 4.78 is 72.7. The van der Waals surface area contributed by atoms with Crippen molar-refractivity contribution >= 4 is 20.9 Å². The van der Waals surface area contributed by atoms with Gasteiger partial charge < -0.3 is 4.55 Å². The second-order valence-corrected chi connectivity index (χ2v) is 5.91. The smallest absolute Gasteiger partial charge is 0.485 e. The number of hydrogen-bond acceptors (Lipinski definition) is 3. The molecular weight excluding hydrogens is 345 g/mol. The average molecular weight is 357 g/mol. The molecule has 8 heteroatoms. The van der Waals surface area contributed by atoms with Crippen LogP contribution in [0, 0.1) is 0 Å². The van der Waals surface area contributed by atoms with E-state index in [-0.39, 0.29) is 0 Å². The Bertz CT molecular complexity index is 974. The maximum atomic E-state index is 10.7. The predicted octanol–water partition coefficient (Wildman–Crippen LogP) is 4.43. The molecule has 2 aromatic carbocycles. The zero-order chi connectivity index (χ0) is 18.7. The van der Waals surface area contributed by atoms with Crippen LogP contribution in [0.25, 0.3) is 22.1 Å². The maximum absolute atomic E-state index is 10.7. The lowest BCUT2D eigenvalue weighted by molar-refractivity contribution is -0.0517. The number of halogens is 3. The van der Waals surface area contributed by atoms with Gasteiger partial charge in [-0.05, 0) is 23.6 Å². The van der Waals surface area contributed by atoms with Gasteiger partial charge in [-0.15, -0.1) is 0 Å². The number of fused-ring (bicyclic) bond motifs is 1. The van der Waals surface area contributed by atoms with E-state index >= 15 is 0 Å². The van der Waals surface area contributed by atoms with Crippen LogP contribution < -0.4 is 0 Å². The Hall–Kier alpha value is -2.45. The lowest BCUT2D eigenvalue weighted by Gasteiger charge is -2.08. The number of rotatable bonds is 1. The molecule has 0 amide bonds. The first-order valence-corrected chi connectivity index (χ1v) is 7.90. The second-order valence-electron chi connectivity index (χ2n) is 4.54. The van der Waals surface area contributed by atoms with E-state index in [0.29, 0.717) is 11.8 Å². The molecule has 0 fully saturated rings. The fourth-order valence-corrected chi connectivity index (χ4v) is 1.72. The van der Waals surface area contributed by atoms with Crippen molar-refractivity contribution in [2.75, 3.05) is 0 Å². The molecule has 0 aliphatic carbocycles. The van der Waals surface area contributed by atoms with E-state index < -0.39 is 15.6 Å². The standard InChI is InChI=1S/C15H11O.CHF3O3S/c1-2-6-12(7-3-1)15-10-13-8-4-5-9-14(13)11-16-15;2-1(3,4)8(5,6)7/h1-11H;(H,5,6,7)/q+1;/p-1/i10D;. The number of hydrogen-bond donors (Lipinski definition) is 0. The van der Waals surface area contributed by atoms with E-state index in [0.717, 1.165) is 16.3 Å². The summed E-state index contributed by atoms with van der Waals surface area (Å²) in [7, 11) is -6.09. The van der Waals surface area contributed by atoms with Gasteiger partial charge in [-0.2, -0.15) is 13.2 Å². The number of alkyl halides is 3. The van der Waals surface area contributed by atoms with Crippen LogP contribution in [0.3, 0.4) is 0 Å². The molecule has 0 unspecified atom stereocenters. The molecule has 126 valence electrons. The highest BCUT2D eigenvalue weighted by atomic mass is 32.2. The third-order valence-electron chi connectivity index (χ3n) is 2.83. The Balaban J connectivity index is 0.000000242. The molecule has 0 saturated carbocycles. The second kappa shape index (κ2) is 6.98. The minimum Gasteiger partial charge on any atom is -0.741 e. The third kappa shape index (κ3) is 4.53. The molecule has 0 bridgehead atoms. The summed E-state index contributed by atoms with van der Waals surface area (Å²) in [4.78, 5) is 0. The van der Waals surface area contributed by atoms with Crippen LogP contribution in [-0.2, 0) is 10.1 Å². The van der Waals surface area contributed by atoms with Crippen LogP contribution in [0.2, 0.25) is 0 Å². The minimum absolute atomic E-state index is 0.439. The fourth-order valence-electron chi connectivity index (χ4n) is 1.72. The highest BCUT2D eigenvalue weighted by Gasteiger charge is 2.36. The van der Waals surface area contributed by atoms with Crippen molar-refractivity contribution in [2.45, 2.75) is 5.51 Å². The maximum Gasteiger partial charge on any atom is 0.485 e. The molecule has 0 saturated heterocycles. The largest absolute Gasteiger partial charge is 0.741 e. The van der Waals surface area contributed by atoms with Gasteiger partial charge in [0, 0.05) is 0 Å². The first-order chi connectivity index (χ1) is 11.6. The van der Waals surface area contributed by atoms with E-state index in [2.05, 4.69) is 0 Å². The lowest BCUT2D eigenvalue weighted by atomic mass is 10.1. The molecule has 4 nitrogen and oxygen atoms in total. The van der Waals surface area contributed by atoms with Crippen molar-refractivity contribution in [3.63, 3.8) is 0 Å². The van der Waals surface area contributed by atoms with Crippen molar-refractivity contribution in [1.82, 2.24) is 0 Å². The third-order valence-corrected chi connectivity index (χ3v) is 3.40. The van der Waals surface area contributed by atoms with Crippen molar-refractivity contribution in [1.29, 1.82) is 0 Å². The Morgan fingerprint density at radius 1 is 0.958 bits per heavy atom. The van der Waals surface area contributed by atoms with Gasteiger partial charge in [0.15, 0.2) is 10.1 Å². The first kappa shape index (κ1) is 16.4. The van der Waals surface area contributed by atoms with E-state index in [4.69, 9.17) is 18.8 Å². The van der Waals surface area contributed by atoms with E-state index in [1.165, 1.54) is 0 Å². The van der Waals surface area contributed by atoms with Crippen molar-refractivity contribution in [3.8, 4) is 11.3 Å². The average Bonchev–Trinajstić information content (AvgIpc) is 2.55. The SMILES string of the molecule is O=S(=O)([O-])C(F)(F)F.[2H]c1c(-c2ccccc2)[o+]cc2ccccc12. The molecule has 0 aliphatic heterocycles. The molecule has 24 heavy (non-hydrogen) atoms. The molecule has 1 aromatic heterocycles. The summed E-state index contributed by atoms with van der Waals surface area (Å²) in [6.45, 7) is 0. The Kier molecular flexibility index (Phi) is 4.77. The Morgan fingerprint density at radius 3 is 2.00 bits per heavy atom. The summed E-state index contributed by atoms with van der Waals surface area (Å²) in [6.07, 6.45) is 1.70. The molecule has 0 spiro atoms. The summed E-state index contributed by atoms with van der Waals surface area (Å²) >= 11 is 0. The van der Waals surface area contributed by atoms with Crippen LogP contribution in [0.4, 0.5) is 13.2 Å². The molecule has 3 aromatic rings. The molecule has 1 heterocycles. The Labute approximate surface area is 137 Å². The van der Waals surface area contributed by atoms with E-state index in [9.17, 15) is 13.2 Å². The van der Waals surface area contributed by atoms with Crippen molar-refractivity contribution in [2.24, 2.45) is 0 Å². The van der Waals surface area contributed by atoms with Crippen molar-refractivity contribution < 1.29 is 31.9 Å². The zero-order valence-electron chi connectivity index (χ0n) is 12.9. The van der Waals surface area contributed by atoms with Crippen LogP contribution in [0.15, 0.2) is 71.3 Å². The molecule has 0 radical (unpaired) electrons. The minimum atomic E-state index is -6.09. The highest BCUT2D eigenvalue weighted by molar-refractivity contribution is 7.86. The van der Waals surface area contributed by atoms with Gasteiger partial charge in [0.1, 0.15) is 0 Å². The van der Waals surface area contributed by atoms with Crippen LogP contribution >= 0.6 is 0 Å². The van der Waals surface area contributed by atoms with Gasteiger partial charge in [0.2, 0.25) is 0 Å². The summed E-state index contributed by atoms with van der Waals surface area (Å²) in [6, 6.07) is 18.0. The fraction of sp³-hybridized carbons (Fsp3) is 0.0625. The topological polar surface area (TPSA) is 68.5 Å². The monoisotopic (exact) mass is 357 g/mol. The molecule has 0 N–H and O–H groups in total. The van der Waals surface area contributed by atoms with Gasteiger partial charge in [-0.3, -0.25) is 0 Å². The molecular formula is C16H11F3O4S. The van der Waals surface area contributed by atoms with Crippen molar-refractivity contribution in [3.05, 3.63) is 66.9 Å². The Morgan fingerprint density at radius 2 is 1.46 bits per heavy atom. The normalized spacial score (nSPS) is 12.2. The van der Waals surface area contributed by atoms with Gasteiger partial charge in [0.25, 0.3) is 0 Å². The summed E-state index contributed by atoms with van der Waals surface area (Å²) in [5.41, 5.74) is -4.71. The van der Waals surface area contributed by atoms with Gasteiger partial charge in [-0.25, -0.2) is 12.8 Å². The quantitative estimate of drug-likeness (QED) is 0.367. The highest BCUT2D eigenvalue weighted by Crippen LogP contribution is 2.24. The van der Waals surface area contributed by atoms with E-state index in [1.807, 2.05) is 54.6 Å². The molecule has 0 aliphatic rings. The molecule has 0 atom stereocenters. The van der Waals surface area contributed by atoms with Gasteiger partial charge in [-0.1, -0.05) is 36.4 Å². The summed E-state index contributed by atoms with van der Waals surface area (Å²) in [5, 5.41) is 1.87. The number of benzene rings is 2. The molecule has 3 rings (SSSR count).